The first-order valence-electron chi connectivity index (χ1n) is 13.6. The predicted molar refractivity (Wildman–Crippen MR) is 150 cm³/mol. The fraction of sp³-hybridized carbons (Fsp3) is 0.344. The molecular weight excluding hydrogens is 508 g/mol. The van der Waals surface area contributed by atoms with Crippen molar-refractivity contribution in [2.75, 3.05) is 13.7 Å². The molecule has 2 amide bonds. The predicted octanol–water partition coefficient (Wildman–Crippen LogP) is 4.82. The van der Waals surface area contributed by atoms with Gasteiger partial charge in [-0.25, -0.2) is 4.79 Å². The van der Waals surface area contributed by atoms with Crippen molar-refractivity contribution in [2.24, 2.45) is 5.92 Å². The normalized spacial score (nSPS) is 18.9. The third kappa shape index (κ3) is 5.72. The van der Waals surface area contributed by atoms with Gasteiger partial charge in [-0.05, 0) is 47.6 Å². The largest absolute Gasteiger partial charge is 0.481 e. The summed E-state index contributed by atoms with van der Waals surface area (Å²) in [7, 11) is 1.64. The van der Waals surface area contributed by atoms with Gasteiger partial charge < -0.3 is 24.8 Å². The molecule has 0 radical (unpaired) electrons. The van der Waals surface area contributed by atoms with Gasteiger partial charge in [0.15, 0.2) is 0 Å². The maximum absolute atomic E-state index is 13.6. The number of carbonyl (C=O) groups is 3. The van der Waals surface area contributed by atoms with Crippen LogP contribution in [0.25, 0.3) is 11.1 Å². The van der Waals surface area contributed by atoms with Crippen LogP contribution in [0.4, 0.5) is 4.79 Å². The van der Waals surface area contributed by atoms with E-state index in [1.807, 2.05) is 66.7 Å². The zero-order valence-corrected chi connectivity index (χ0v) is 22.7. The van der Waals surface area contributed by atoms with E-state index in [9.17, 15) is 19.5 Å². The fourth-order valence-corrected chi connectivity index (χ4v) is 5.55. The van der Waals surface area contributed by atoms with Crippen molar-refractivity contribution in [3.63, 3.8) is 0 Å². The number of fused-ring (bicyclic) bond motifs is 3. The van der Waals surface area contributed by atoms with Crippen LogP contribution in [0.1, 0.15) is 42.4 Å². The highest BCUT2D eigenvalue weighted by Crippen LogP contribution is 2.44. The lowest BCUT2D eigenvalue weighted by atomic mass is 9.79. The highest BCUT2D eigenvalue weighted by molar-refractivity contribution is 5.87. The van der Waals surface area contributed by atoms with E-state index in [4.69, 9.17) is 9.47 Å². The van der Waals surface area contributed by atoms with E-state index in [1.165, 1.54) is 4.90 Å². The van der Waals surface area contributed by atoms with Crippen LogP contribution in [0.15, 0.2) is 78.9 Å². The molecule has 3 aromatic carbocycles. The van der Waals surface area contributed by atoms with Crippen LogP contribution >= 0.6 is 0 Å². The number of nitrogens with one attached hydrogen (secondary N) is 1. The van der Waals surface area contributed by atoms with E-state index in [-0.39, 0.29) is 31.1 Å². The van der Waals surface area contributed by atoms with Crippen LogP contribution in [0.5, 0.6) is 0 Å². The van der Waals surface area contributed by atoms with Crippen molar-refractivity contribution in [3.8, 4) is 11.1 Å². The van der Waals surface area contributed by atoms with Gasteiger partial charge in [-0.15, -0.1) is 0 Å². The quantitative estimate of drug-likeness (QED) is 0.381. The first-order valence-corrected chi connectivity index (χ1v) is 13.6. The number of carbonyl (C=O) groups excluding carboxylic acids is 2. The summed E-state index contributed by atoms with van der Waals surface area (Å²) >= 11 is 0. The number of likely N-dealkylation sites (N-methyl/N-ethyl adjacent to an activating group) is 1. The first-order chi connectivity index (χ1) is 19.3. The second-order valence-corrected chi connectivity index (χ2v) is 10.6. The van der Waals surface area contributed by atoms with Gasteiger partial charge in [0.05, 0.1) is 18.6 Å². The van der Waals surface area contributed by atoms with Crippen LogP contribution in [0.3, 0.4) is 0 Å². The number of aliphatic carboxylic acids is 1. The Balaban J connectivity index is 1.26. The van der Waals surface area contributed by atoms with Crippen LogP contribution in [-0.4, -0.2) is 59.8 Å². The Morgan fingerprint density at radius 2 is 1.50 bits per heavy atom. The summed E-state index contributed by atoms with van der Waals surface area (Å²) in [6.07, 6.45) is -0.602. The lowest BCUT2D eigenvalue weighted by Crippen LogP contribution is -2.58. The molecule has 2 N–H and O–H groups in total. The number of alkyl carbamates (subject to hydrolysis) is 1. The minimum absolute atomic E-state index is 0.107. The van der Waals surface area contributed by atoms with E-state index in [0.717, 1.165) is 27.8 Å². The molecule has 0 spiro atoms. The Morgan fingerprint density at radius 1 is 0.925 bits per heavy atom. The summed E-state index contributed by atoms with van der Waals surface area (Å²) in [5, 5.41) is 12.0. The third-order valence-electron chi connectivity index (χ3n) is 8.07. The molecule has 208 valence electrons. The van der Waals surface area contributed by atoms with E-state index < -0.39 is 30.1 Å². The Bertz CT molecular complexity index is 1330. The Morgan fingerprint density at radius 3 is 2.10 bits per heavy atom. The van der Waals surface area contributed by atoms with Crippen LogP contribution < -0.4 is 5.32 Å². The average Bonchev–Trinajstić information content (AvgIpc) is 3.26. The number of carboxylic acids is 1. The number of ether oxygens (including phenoxy) is 2. The highest BCUT2D eigenvalue weighted by atomic mass is 16.5. The summed E-state index contributed by atoms with van der Waals surface area (Å²) in [6, 6.07) is 24.5. The van der Waals surface area contributed by atoms with Gasteiger partial charge in [-0.3, -0.25) is 9.59 Å². The maximum atomic E-state index is 13.6. The smallest absolute Gasteiger partial charge is 0.407 e. The van der Waals surface area contributed by atoms with Crippen molar-refractivity contribution in [1.29, 1.82) is 0 Å². The second-order valence-electron chi connectivity index (χ2n) is 10.6. The molecule has 2 atom stereocenters. The van der Waals surface area contributed by atoms with Gasteiger partial charge >= 0.3 is 12.1 Å². The molecule has 2 unspecified atom stereocenters. The molecule has 8 nitrogen and oxygen atoms in total. The molecular formula is C32H34N2O6. The molecule has 0 aliphatic heterocycles. The lowest BCUT2D eigenvalue weighted by molar-refractivity contribution is -0.151. The molecule has 0 aromatic heterocycles. The van der Waals surface area contributed by atoms with Gasteiger partial charge in [0, 0.05) is 19.0 Å². The van der Waals surface area contributed by atoms with E-state index in [2.05, 4.69) is 17.4 Å². The Hall–Kier alpha value is -4.17. The summed E-state index contributed by atoms with van der Waals surface area (Å²) in [6.45, 7) is 2.13. The standard InChI is InChI=1S/C32H34N2O6/c1-20(39-18-21-10-4-3-5-11-21)29(30(35)34(2)23-16-22(17-23)31(36)37)33-32(38)40-19-28-26-14-8-6-12-24(26)25-13-7-9-15-27(25)28/h3-15,20,22-23,28-29H,16-19H2,1-2H3,(H,33,38)(H,36,37). The topological polar surface area (TPSA) is 105 Å². The third-order valence-corrected chi connectivity index (χ3v) is 8.07. The number of hydrogen-bond donors (Lipinski definition) is 2. The summed E-state index contributed by atoms with van der Waals surface area (Å²) in [5.41, 5.74) is 5.40. The molecule has 1 saturated carbocycles. The average molecular weight is 543 g/mol. The van der Waals surface area contributed by atoms with Crippen molar-refractivity contribution < 1.29 is 29.0 Å². The Kier molecular flexibility index (Phi) is 8.16. The molecule has 2 aliphatic rings. The zero-order valence-electron chi connectivity index (χ0n) is 22.7. The SMILES string of the molecule is CC(OCc1ccccc1)C(NC(=O)OCC1c2ccccc2-c2ccccc21)C(=O)N(C)C1CC(C(=O)O)C1. The van der Waals surface area contributed by atoms with Gasteiger partial charge in [0.2, 0.25) is 5.91 Å². The minimum Gasteiger partial charge on any atom is -0.481 e. The van der Waals surface area contributed by atoms with E-state index in [0.29, 0.717) is 12.8 Å². The van der Waals surface area contributed by atoms with Gasteiger partial charge in [-0.2, -0.15) is 0 Å². The summed E-state index contributed by atoms with van der Waals surface area (Å²) < 4.78 is 11.7. The second kappa shape index (κ2) is 11.9. The zero-order chi connectivity index (χ0) is 28.2. The minimum atomic E-state index is -1.01. The number of carboxylic acid groups (broad SMARTS) is 1. The number of benzene rings is 3. The van der Waals surface area contributed by atoms with Crippen LogP contribution in [0.2, 0.25) is 0 Å². The number of amides is 2. The number of hydrogen-bond acceptors (Lipinski definition) is 5. The molecule has 0 heterocycles. The van der Waals surface area contributed by atoms with E-state index >= 15 is 0 Å². The monoisotopic (exact) mass is 542 g/mol. The Labute approximate surface area is 233 Å². The molecule has 1 fully saturated rings. The number of rotatable bonds is 10. The molecule has 8 heteroatoms. The number of nitrogens with zero attached hydrogens (tertiary/aromatic N) is 1. The van der Waals surface area contributed by atoms with Crippen LogP contribution in [0, 0.1) is 5.92 Å². The van der Waals surface area contributed by atoms with E-state index in [1.54, 1.807) is 14.0 Å². The lowest BCUT2D eigenvalue weighted by Gasteiger charge is -2.41. The van der Waals surface area contributed by atoms with Crippen molar-refractivity contribution in [3.05, 3.63) is 95.6 Å². The molecule has 0 bridgehead atoms. The van der Waals surface area contributed by atoms with Crippen molar-refractivity contribution >= 4 is 18.0 Å². The molecule has 0 saturated heterocycles. The van der Waals surface area contributed by atoms with Crippen molar-refractivity contribution in [2.45, 2.75) is 50.5 Å². The highest BCUT2D eigenvalue weighted by Gasteiger charge is 2.41. The summed E-state index contributed by atoms with van der Waals surface area (Å²) in [5.74, 6) is -1.77. The van der Waals surface area contributed by atoms with Crippen LogP contribution in [-0.2, 0) is 25.7 Å². The van der Waals surface area contributed by atoms with Gasteiger partial charge in [0.25, 0.3) is 0 Å². The molecule has 3 aromatic rings. The maximum Gasteiger partial charge on any atom is 0.407 e. The van der Waals surface area contributed by atoms with Gasteiger partial charge in [0.1, 0.15) is 12.6 Å². The fourth-order valence-electron chi connectivity index (χ4n) is 5.55. The van der Waals surface area contributed by atoms with Crippen molar-refractivity contribution in [1.82, 2.24) is 10.2 Å². The molecule has 2 aliphatic carbocycles. The molecule has 40 heavy (non-hydrogen) atoms. The first kappa shape index (κ1) is 27.4. The summed E-state index contributed by atoms with van der Waals surface area (Å²) in [4.78, 5) is 39.4. The van der Waals surface area contributed by atoms with Gasteiger partial charge in [-0.1, -0.05) is 78.9 Å². The molecule has 5 rings (SSSR count).